The number of rotatable bonds is 3. The van der Waals surface area contributed by atoms with Crippen LogP contribution in [-0.4, -0.2) is 0 Å². The van der Waals surface area contributed by atoms with Gasteiger partial charge in [0, 0.05) is 22.2 Å². The Morgan fingerprint density at radius 3 is 2.27 bits per heavy atom. The zero-order valence-electron chi connectivity index (χ0n) is 18.6. The maximum atomic E-state index is 8.06. The van der Waals surface area contributed by atoms with Gasteiger partial charge in [-0.15, -0.1) is 25.3 Å². The van der Waals surface area contributed by atoms with E-state index in [0.717, 1.165) is 27.7 Å². The van der Waals surface area contributed by atoms with E-state index in [-0.39, 0.29) is 0 Å². The first-order valence-corrected chi connectivity index (χ1v) is 11.0. The predicted octanol–water partition coefficient (Wildman–Crippen LogP) is 7.76. The van der Waals surface area contributed by atoms with E-state index in [0.29, 0.717) is 32.2 Å². The Morgan fingerprint density at radius 2 is 1.70 bits per heavy atom. The molecule has 1 aliphatic heterocycles. The maximum absolute atomic E-state index is 8.06. The SMILES string of the molecule is C=C/C=C(C)\C(=C/C)c1c2ccc(=N)c(S)c-2oc2c(S)c(N)ccc12.CC.CC. The molecule has 1 aliphatic carbocycles. The Bertz CT molecular complexity index is 1120. The molecule has 0 radical (unpaired) electrons. The first-order valence-electron chi connectivity index (χ1n) is 10.1. The van der Waals surface area contributed by atoms with E-state index in [4.69, 9.17) is 15.6 Å². The fraction of sp³-hybridized carbons (Fsp3) is 0.240. The van der Waals surface area contributed by atoms with E-state index in [1.165, 1.54) is 0 Å². The highest BCUT2D eigenvalue weighted by Gasteiger charge is 2.22. The average molecular weight is 441 g/mol. The molecule has 1 heterocycles. The molecule has 0 amide bonds. The molecule has 0 atom stereocenters. The number of hydrogen-bond acceptors (Lipinski definition) is 5. The number of hydrogen-bond donors (Lipinski definition) is 4. The molecule has 5 heteroatoms. The Hall–Kier alpha value is -2.37. The van der Waals surface area contributed by atoms with Gasteiger partial charge in [0.05, 0.1) is 15.1 Å². The minimum Gasteiger partial charge on any atom is -0.454 e. The summed E-state index contributed by atoms with van der Waals surface area (Å²) in [4.78, 5) is 1.07. The Balaban J connectivity index is 0.00000106. The van der Waals surface area contributed by atoms with Crippen LogP contribution in [0.25, 0.3) is 27.9 Å². The second-order valence-corrected chi connectivity index (χ2v) is 6.88. The average Bonchev–Trinajstić information content (AvgIpc) is 2.77. The van der Waals surface area contributed by atoms with Gasteiger partial charge in [-0.05, 0) is 49.3 Å². The van der Waals surface area contributed by atoms with Gasteiger partial charge in [0.1, 0.15) is 0 Å². The van der Waals surface area contributed by atoms with Gasteiger partial charge in [0.2, 0.25) is 0 Å². The summed E-state index contributed by atoms with van der Waals surface area (Å²) in [6, 6.07) is 7.40. The summed E-state index contributed by atoms with van der Waals surface area (Å²) in [6.07, 6.45) is 5.80. The van der Waals surface area contributed by atoms with E-state index >= 15 is 0 Å². The third-order valence-corrected chi connectivity index (χ3v) is 5.29. The molecule has 1 aromatic rings. The molecule has 0 unspecified atom stereocenters. The molecule has 3 nitrogen and oxygen atoms in total. The van der Waals surface area contributed by atoms with Gasteiger partial charge in [-0.2, -0.15) is 0 Å². The van der Waals surface area contributed by atoms with Gasteiger partial charge in [-0.25, -0.2) is 0 Å². The number of fused-ring (bicyclic) bond motifs is 2. The lowest BCUT2D eigenvalue weighted by Gasteiger charge is -2.20. The van der Waals surface area contributed by atoms with Gasteiger partial charge in [-0.3, -0.25) is 5.41 Å². The number of nitrogens with one attached hydrogen (secondary N) is 1. The quantitative estimate of drug-likeness (QED) is 0.145. The van der Waals surface area contributed by atoms with E-state index in [9.17, 15) is 0 Å². The fourth-order valence-corrected chi connectivity index (χ4v) is 3.61. The van der Waals surface area contributed by atoms with Crippen LogP contribution in [0.4, 0.5) is 5.69 Å². The van der Waals surface area contributed by atoms with E-state index in [1.54, 1.807) is 12.1 Å². The number of anilines is 1. The van der Waals surface area contributed by atoms with Crippen LogP contribution < -0.4 is 11.1 Å². The summed E-state index contributed by atoms with van der Waals surface area (Å²) >= 11 is 9.05. The smallest absolute Gasteiger partial charge is 0.150 e. The molecule has 3 rings (SSSR count). The van der Waals surface area contributed by atoms with Gasteiger partial charge in [-0.1, -0.05) is 52.5 Å². The molecule has 0 spiro atoms. The first kappa shape index (κ1) is 25.7. The van der Waals surface area contributed by atoms with Crippen LogP contribution in [-0.2, 0) is 0 Å². The molecule has 0 bridgehead atoms. The summed E-state index contributed by atoms with van der Waals surface area (Å²) in [6.45, 7) is 15.8. The van der Waals surface area contributed by atoms with Gasteiger partial charge in [0.25, 0.3) is 0 Å². The molecular formula is C25H32N2OS2. The highest BCUT2D eigenvalue weighted by Crippen LogP contribution is 2.43. The van der Waals surface area contributed by atoms with Gasteiger partial charge < -0.3 is 10.2 Å². The minimum absolute atomic E-state index is 0.305. The maximum Gasteiger partial charge on any atom is 0.150 e. The molecule has 2 aliphatic rings. The van der Waals surface area contributed by atoms with Crippen molar-refractivity contribution in [3.63, 3.8) is 0 Å². The van der Waals surface area contributed by atoms with Crippen LogP contribution in [0, 0.1) is 5.41 Å². The van der Waals surface area contributed by atoms with Crippen molar-refractivity contribution in [2.24, 2.45) is 0 Å². The van der Waals surface area contributed by atoms with Gasteiger partial charge >= 0.3 is 0 Å². The van der Waals surface area contributed by atoms with Crippen LogP contribution >= 0.6 is 25.3 Å². The number of allylic oxidation sites excluding steroid dienone is 5. The van der Waals surface area contributed by atoms with Crippen molar-refractivity contribution in [1.29, 1.82) is 5.41 Å². The number of benzene rings is 2. The first-order chi connectivity index (χ1) is 14.4. The van der Waals surface area contributed by atoms with E-state index < -0.39 is 0 Å². The molecule has 1 aromatic carbocycles. The van der Waals surface area contributed by atoms with Crippen LogP contribution in [0.1, 0.15) is 47.1 Å². The predicted molar refractivity (Wildman–Crippen MR) is 138 cm³/mol. The van der Waals surface area contributed by atoms with Crippen molar-refractivity contribution >= 4 is 47.5 Å². The van der Waals surface area contributed by atoms with Crippen molar-refractivity contribution in [3.05, 3.63) is 65.6 Å². The second-order valence-electron chi connectivity index (χ2n) is 5.98. The Morgan fingerprint density at radius 1 is 1.07 bits per heavy atom. The summed E-state index contributed by atoms with van der Waals surface area (Å²) in [5, 5.41) is 9.27. The van der Waals surface area contributed by atoms with Crippen molar-refractivity contribution in [2.75, 3.05) is 5.73 Å². The summed E-state index contributed by atoms with van der Waals surface area (Å²) < 4.78 is 6.12. The molecule has 30 heavy (non-hydrogen) atoms. The fourth-order valence-electron chi connectivity index (χ4n) is 3.13. The van der Waals surface area contributed by atoms with Crippen molar-refractivity contribution < 1.29 is 4.42 Å². The van der Waals surface area contributed by atoms with E-state index in [2.05, 4.69) is 37.9 Å². The molecule has 0 saturated carbocycles. The molecule has 3 N–H and O–H groups in total. The molecular weight excluding hydrogens is 408 g/mol. The normalized spacial score (nSPS) is 11.5. The number of nitrogens with two attached hydrogens (primary N) is 1. The number of nitrogen functional groups attached to an aromatic ring is 1. The minimum atomic E-state index is 0.305. The summed E-state index contributed by atoms with van der Waals surface area (Å²) in [5.74, 6) is 0.551. The third-order valence-electron chi connectivity index (χ3n) is 4.39. The lowest BCUT2D eigenvalue weighted by Crippen LogP contribution is -2.06. The summed E-state index contributed by atoms with van der Waals surface area (Å²) in [7, 11) is 0. The molecule has 0 aromatic heterocycles. The molecule has 160 valence electrons. The topological polar surface area (TPSA) is 63.0 Å². The molecule has 0 fully saturated rings. The molecule has 0 saturated heterocycles. The van der Waals surface area contributed by atoms with Crippen LogP contribution in [0.3, 0.4) is 0 Å². The zero-order valence-corrected chi connectivity index (χ0v) is 20.4. The second kappa shape index (κ2) is 11.7. The Kier molecular flexibility index (Phi) is 10.0. The van der Waals surface area contributed by atoms with Crippen molar-refractivity contribution in [3.8, 4) is 11.3 Å². The van der Waals surface area contributed by atoms with Crippen LogP contribution in [0.2, 0.25) is 0 Å². The van der Waals surface area contributed by atoms with Crippen molar-refractivity contribution in [2.45, 2.75) is 51.3 Å². The van der Waals surface area contributed by atoms with Gasteiger partial charge in [0.15, 0.2) is 11.3 Å². The highest BCUT2D eigenvalue weighted by atomic mass is 32.1. The van der Waals surface area contributed by atoms with Crippen LogP contribution in [0.5, 0.6) is 0 Å². The lowest BCUT2D eigenvalue weighted by molar-refractivity contribution is 0.598. The Labute approximate surface area is 191 Å². The summed E-state index contributed by atoms with van der Waals surface area (Å²) in [5.41, 5.74) is 11.2. The number of thiol groups is 2. The zero-order chi connectivity index (χ0) is 23.0. The largest absolute Gasteiger partial charge is 0.454 e. The monoisotopic (exact) mass is 440 g/mol. The third kappa shape index (κ3) is 4.85. The highest BCUT2D eigenvalue weighted by molar-refractivity contribution is 7.80. The standard InChI is InChI=1S/C21H20N2OS2.2C2H6/c1-4-6-11(3)12(5-2)17-13-7-9-15(22)20(25)18(13)24-19-14(17)8-10-16(23)21(19)26;2*1-2/h4-10,22,25-26H,1,23H2,2-3H3;2*1-2H3/b11-6-,12-5+,22-15?;;. The van der Waals surface area contributed by atoms with E-state index in [1.807, 2.05) is 65.8 Å². The van der Waals surface area contributed by atoms with Crippen LogP contribution in [0.15, 0.2) is 68.9 Å². The van der Waals surface area contributed by atoms with Crippen molar-refractivity contribution in [1.82, 2.24) is 0 Å². The lowest BCUT2D eigenvalue weighted by atomic mass is 9.89.